The number of hydrogen-bond donors (Lipinski definition) is 3. The SMILES string of the molecule is Cc1cnc(-c2cnc(NCCNc3cncc(C#N)c3)nc2-c2ccc(Cl)cc2Cl)[nH]1. The van der Waals surface area contributed by atoms with Gasteiger partial charge in [-0.3, -0.25) is 4.98 Å². The van der Waals surface area contributed by atoms with Crippen molar-refractivity contribution in [3.63, 3.8) is 0 Å². The van der Waals surface area contributed by atoms with Crippen LogP contribution in [0.15, 0.2) is 49.1 Å². The number of aryl methyl sites for hydroxylation is 1. The van der Waals surface area contributed by atoms with E-state index in [0.717, 1.165) is 22.5 Å². The van der Waals surface area contributed by atoms with Gasteiger partial charge < -0.3 is 15.6 Å². The first-order valence-electron chi connectivity index (χ1n) is 9.71. The lowest BCUT2D eigenvalue weighted by Crippen LogP contribution is -2.15. The van der Waals surface area contributed by atoms with Gasteiger partial charge in [-0.1, -0.05) is 23.2 Å². The molecule has 0 atom stereocenters. The Balaban J connectivity index is 1.55. The van der Waals surface area contributed by atoms with Crippen LogP contribution in [-0.2, 0) is 0 Å². The maximum absolute atomic E-state index is 8.97. The van der Waals surface area contributed by atoms with Crippen LogP contribution in [0.1, 0.15) is 11.3 Å². The molecule has 3 aromatic heterocycles. The van der Waals surface area contributed by atoms with Crippen molar-refractivity contribution in [1.82, 2.24) is 24.9 Å². The molecule has 0 unspecified atom stereocenters. The smallest absolute Gasteiger partial charge is 0.223 e. The average Bonchev–Trinajstić information content (AvgIpc) is 3.23. The number of aromatic nitrogens is 5. The van der Waals surface area contributed by atoms with Crippen molar-refractivity contribution in [2.45, 2.75) is 6.92 Å². The van der Waals surface area contributed by atoms with Crippen LogP contribution in [0.25, 0.3) is 22.6 Å². The van der Waals surface area contributed by atoms with Gasteiger partial charge in [0.2, 0.25) is 5.95 Å². The zero-order valence-corrected chi connectivity index (χ0v) is 18.5. The molecule has 3 heterocycles. The fraction of sp³-hybridized carbons (Fsp3) is 0.136. The number of H-pyrrole nitrogens is 1. The number of imidazole rings is 1. The molecular weight excluding hydrogens is 447 g/mol. The van der Waals surface area contributed by atoms with Gasteiger partial charge in [-0.25, -0.2) is 15.0 Å². The molecule has 0 aliphatic rings. The van der Waals surface area contributed by atoms with E-state index in [1.807, 2.05) is 13.0 Å². The number of nitrogens with zero attached hydrogens (tertiary/aromatic N) is 5. The van der Waals surface area contributed by atoms with Crippen LogP contribution in [0, 0.1) is 18.3 Å². The lowest BCUT2D eigenvalue weighted by Gasteiger charge is -2.12. The summed E-state index contributed by atoms with van der Waals surface area (Å²) in [5, 5.41) is 16.4. The second-order valence-electron chi connectivity index (χ2n) is 6.92. The molecule has 0 bridgehead atoms. The molecule has 0 fully saturated rings. The van der Waals surface area contributed by atoms with Crippen LogP contribution in [0.5, 0.6) is 0 Å². The number of anilines is 2. The Morgan fingerprint density at radius 3 is 2.59 bits per heavy atom. The maximum Gasteiger partial charge on any atom is 0.223 e. The quantitative estimate of drug-likeness (QED) is 0.331. The predicted octanol–water partition coefficient (Wildman–Crippen LogP) is 4.94. The van der Waals surface area contributed by atoms with Crippen molar-refractivity contribution in [1.29, 1.82) is 5.26 Å². The molecule has 0 spiro atoms. The van der Waals surface area contributed by atoms with E-state index in [1.165, 1.54) is 6.20 Å². The summed E-state index contributed by atoms with van der Waals surface area (Å²) in [5.74, 6) is 1.10. The molecule has 0 saturated carbocycles. The molecule has 0 amide bonds. The minimum atomic E-state index is 0.448. The number of hydrogen-bond acceptors (Lipinski definition) is 7. The highest BCUT2D eigenvalue weighted by Crippen LogP contribution is 2.35. The Bertz CT molecular complexity index is 1300. The lowest BCUT2D eigenvalue weighted by atomic mass is 10.1. The van der Waals surface area contributed by atoms with E-state index in [4.69, 9.17) is 33.4 Å². The summed E-state index contributed by atoms with van der Waals surface area (Å²) in [6, 6.07) is 9.08. The molecule has 0 aliphatic carbocycles. The van der Waals surface area contributed by atoms with Crippen LogP contribution in [-0.4, -0.2) is 38.0 Å². The minimum Gasteiger partial charge on any atom is -0.382 e. The Morgan fingerprint density at radius 2 is 1.84 bits per heavy atom. The van der Waals surface area contributed by atoms with Gasteiger partial charge in [0, 0.05) is 48.0 Å². The fourth-order valence-corrected chi connectivity index (χ4v) is 3.55. The number of pyridine rings is 1. The van der Waals surface area contributed by atoms with Gasteiger partial charge in [-0.15, -0.1) is 0 Å². The topological polar surface area (TPSA) is 115 Å². The highest BCUT2D eigenvalue weighted by Gasteiger charge is 2.16. The molecular formula is C22H18Cl2N8. The zero-order chi connectivity index (χ0) is 22.5. The van der Waals surface area contributed by atoms with Crippen LogP contribution in [0.4, 0.5) is 11.6 Å². The number of benzene rings is 1. The summed E-state index contributed by atoms with van der Waals surface area (Å²) >= 11 is 12.5. The third-order valence-corrected chi connectivity index (χ3v) is 5.09. The number of nitriles is 1. The van der Waals surface area contributed by atoms with E-state index < -0.39 is 0 Å². The lowest BCUT2D eigenvalue weighted by molar-refractivity contribution is 1.02. The molecule has 0 aliphatic heterocycles. The zero-order valence-electron chi connectivity index (χ0n) is 17.0. The van der Waals surface area contributed by atoms with Crippen LogP contribution in [0.3, 0.4) is 0 Å². The van der Waals surface area contributed by atoms with Crippen molar-refractivity contribution >= 4 is 34.8 Å². The monoisotopic (exact) mass is 464 g/mol. The molecule has 4 aromatic rings. The fourth-order valence-electron chi connectivity index (χ4n) is 3.06. The maximum atomic E-state index is 8.97. The third-order valence-electron chi connectivity index (χ3n) is 4.54. The van der Waals surface area contributed by atoms with Gasteiger partial charge in [0.15, 0.2) is 0 Å². The van der Waals surface area contributed by atoms with Crippen molar-refractivity contribution in [3.05, 3.63) is 70.4 Å². The van der Waals surface area contributed by atoms with Crippen LogP contribution >= 0.6 is 23.2 Å². The largest absolute Gasteiger partial charge is 0.382 e. The molecule has 4 rings (SSSR count). The van der Waals surface area contributed by atoms with E-state index in [2.05, 4.69) is 36.6 Å². The number of rotatable bonds is 7. The van der Waals surface area contributed by atoms with Gasteiger partial charge in [0.1, 0.15) is 11.9 Å². The number of aromatic amines is 1. The van der Waals surface area contributed by atoms with Crippen LogP contribution < -0.4 is 10.6 Å². The highest BCUT2D eigenvalue weighted by molar-refractivity contribution is 6.36. The van der Waals surface area contributed by atoms with Crippen molar-refractivity contribution in [2.24, 2.45) is 0 Å². The number of halogens is 2. The van der Waals surface area contributed by atoms with Gasteiger partial charge in [-0.2, -0.15) is 5.26 Å². The van der Waals surface area contributed by atoms with Gasteiger partial charge in [0.05, 0.1) is 33.7 Å². The molecule has 8 nitrogen and oxygen atoms in total. The van der Waals surface area contributed by atoms with E-state index in [9.17, 15) is 0 Å². The summed E-state index contributed by atoms with van der Waals surface area (Å²) in [6.07, 6.45) is 6.64. The first-order chi connectivity index (χ1) is 15.5. The summed E-state index contributed by atoms with van der Waals surface area (Å²) in [7, 11) is 0. The molecule has 0 saturated heterocycles. The van der Waals surface area contributed by atoms with E-state index in [1.54, 1.807) is 36.8 Å². The Hall–Kier alpha value is -3.67. The third kappa shape index (κ3) is 4.97. The van der Waals surface area contributed by atoms with Gasteiger partial charge in [0.25, 0.3) is 0 Å². The standard InChI is InChI=1S/C22H18Cl2N8/c1-13-9-29-21(31-13)18-12-30-22(32-20(18)17-3-2-15(23)7-19(17)24)28-5-4-27-16-6-14(8-25)10-26-11-16/h2-3,6-7,9-12,27H,4-5H2,1H3,(H,29,31)(H,28,30,32). The van der Waals surface area contributed by atoms with Crippen molar-refractivity contribution in [2.75, 3.05) is 23.7 Å². The highest BCUT2D eigenvalue weighted by atomic mass is 35.5. The normalized spacial score (nSPS) is 10.6. The van der Waals surface area contributed by atoms with E-state index in [-0.39, 0.29) is 0 Å². The summed E-state index contributed by atoms with van der Waals surface area (Å²) in [5.41, 5.74) is 4.28. The summed E-state index contributed by atoms with van der Waals surface area (Å²) in [6.45, 7) is 3.05. The predicted molar refractivity (Wildman–Crippen MR) is 126 cm³/mol. The van der Waals surface area contributed by atoms with E-state index >= 15 is 0 Å². The first kappa shape index (κ1) is 21.6. The van der Waals surface area contributed by atoms with Gasteiger partial charge >= 0.3 is 0 Å². The molecule has 32 heavy (non-hydrogen) atoms. The molecule has 10 heteroatoms. The average molecular weight is 465 g/mol. The minimum absolute atomic E-state index is 0.448. The number of nitrogens with one attached hydrogen (secondary N) is 3. The van der Waals surface area contributed by atoms with Crippen LogP contribution in [0.2, 0.25) is 10.0 Å². The summed E-state index contributed by atoms with van der Waals surface area (Å²) < 4.78 is 0. The second kappa shape index (κ2) is 9.64. The van der Waals surface area contributed by atoms with Gasteiger partial charge in [-0.05, 0) is 31.2 Å². The van der Waals surface area contributed by atoms with E-state index in [0.29, 0.717) is 46.2 Å². The molecule has 0 radical (unpaired) electrons. The molecule has 1 aromatic carbocycles. The van der Waals surface area contributed by atoms with Crippen molar-refractivity contribution in [3.8, 4) is 28.7 Å². The Kier molecular flexibility index (Phi) is 6.50. The molecule has 3 N–H and O–H groups in total. The van der Waals surface area contributed by atoms with Crippen molar-refractivity contribution < 1.29 is 0 Å². The first-order valence-corrected chi connectivity index (χ1v) is 10.5. The summed E-state index contributed by atoms with van der Waals surface area (Å²) in [4.78, 5) is 20.8. The Morgan fingerprint density at radius 1 is 1.00 bits per heavy atom. The second-order valence-corrected chi connectivity index (χ2v) is 7.77. The Labute approximate surface area is 194 Å². The molecule has 160 valence electrons.